The van der Waals surface area contributed by atoms with Gasteiger partial charge in [-0.2, -0.15) is 0 Å². The van der Waals surface area contributed by atoms with Crippen LogP contribution in [0.1, 0.15) is 11.9 Å². The number of nitrogens with one attached hydrogen (secondary N) is 1. The van der Waals surface area contributed by atoms with Gasteiger partial charge in [-0.1, -0.05) is 35.5 Å². The number of ether oxygens (including phenoxy) is 2. The Bertz CT molecular complexity index is 1530. The van der Waals surface area contributed by atoms with Crippen molar-refractivity contribution in [2.75, 3.05) is 26.9 Å². The Kier molecular flexibility index (Phi) is 5.34. The van der Waals surface area contributed by atoms with Crippen molar-refractivity contribution in [3.8, 4) is 17.1 Å². The summed E-state index contributed by atoms with van der Waals surface area (Å²) in [7, 11) is 1.60. The van der Waals surface area contributed by atoms with Gasteiger partial charge in [0, 0.05) is 11.9 Å². The topological polar surface area (TPSA) is 111 Å². The molecule has 10 nitrogen and oxygen atoms in total. The highest BCUT2D eigenvalue weighted by Gasteiger charge is 2.31. The monoisotopic (exact) mass is 469 g/mol. The van der Waals surface area contributed by atoms with E-state index < -0.39 is 0 Å². The molecule has 1 atom stereocenters. The molecule has 0 spiro atoms. The van der Waals surface area contributed by atoms with Gasteiger partial charge in [-0.05, 0) is 24.3 Å². The molecule has 1 fully saturated rings. The second-order valence-electron chi connectivity index (χ2n) is 8.33. The number of carbonyl (C=O) groups is 1. The number of hydrogen-bond acceptors (Lipinski definition) is 7. The van der Waals surface area contributed by atoms with E-state index in [0.717, 1.165) is 33.2 Å². The van der Waals surface area contributed by atoms with Crippen molar-refractivity contribution >= 4 is 27.8 Å². The number of aromatic nitrogens is 6. The zero-order valence-electron chi connectivity index (χ0n) is 19.1. The SMILES string of the molecule is COc1nc2ccccc2cc1-c1cnc(C2COCCN2C(=O)Cn2nnc3ccccc32)[nH]1. The minimum Gasteiger partial charge on any atom is -0.480 e. The number of rotatable bonds is 5. The molecule has 3 aromatic heterocycles. The summed E-state index contributed by atoms with van der Waals surface area (Å²) in [5, 5.41) is 9.31. The van der Waals surface area contributed by atoms with E-state index >= 15 is 0 Å². The van der Waals surface area contributed by atoms with Crippen molar-refractivity contribution in [3.05, 3.63) is 66.6 Å². The van der Waals surface area contributed by atoms with Crippen LogP contribution in [0.25, 0.3) is 33.2 Å². The quantitative estimate of drug-likeness (QED) is 0.421. The predicted octanol–water partition coefficient (Wildman–Crippen LogP) is 2.98. The summed E-state index contributed by atoms with van der Waals surface area (Å²) in [6, 6.07) is 17.1. The number of nitrogens with zero attached hydrogens (tertiary/aromatic N) is 6. The third kappa shape index (κ3) is 3.87. The van der Waals surface area contributed by atoms with Gasteiger partial charge >= 0.3 is 0 Å². The molecule has 176 valence electrons. The van der Waals surface area contributed by atoms with Gasteiger partial charge in [-0.25, -0.2) is 14.6 Å². The molecule has 0 aliphatic carbocycles. The molecule has 0 saturated carbocycles. The maximum Gasteiger partial charge on any atom is 0.245 e. The Balaban J connectivity index is 1.29. The number of fused-ring (bicyclic) bond motifs is 2. The van der Waals surface area contributed by atoms with Crippen LogP contribution in [0.2, 0.25) is 0 Å². The van der Waals surface area contributed by atoms with Gasteiger partial charge in [-0.3, -0.25) is 4.79 Å². The fourth-order valence-corrected chi connectivity index (χ4v) is 4.47. The number of methoxy groups -OCH3 is 1. The predicted molar refractivity (Wildman–Crippen MR) is 129 cm³/mol. The second kappa shape index (κ2) is 8.80. The second-order valence-corrected chi connectivity index (χ2v) is 8.33. The molecule has 5 aromatic rings. The molecular formula is C25H23N7O3. The lowest BCUT2D eigenvalue weighted by molar-refractivity contribution is -0.141. The number of benzene rings is 2. The highest BCUT2D eigenvalue weighted by Crippen LogP contribution is 2.32. The van der Waals surface area contributed by atoms with Crippen molar-refractivity contribution in [3.63, 3.8) is 0 Å². The van der Waals surface area contributed by atoms with Crippen molar-refractivity contribution in [1.82, 2.24) is 34.8 Å². The Morgan fingerprint density at radius 3 is 2.89 bits per heavy atom. The summed E-state index contributed by atoms with van der Waals surface area (Å²) in [4.78, 5) is 27.7. The van der Waals surface area contributed by atoms with E-state index in [9.17, 15) is 4.79 Å². The first-order valence-electron chi connectivity index (χ1n) is 11.4. The average molecular weight is 470 g/mol. The Morgan fingerprint density at radius 1 is 1.17 bits per heavy atom. The van der Waals surface area contributed by atoms with Gasteiger partial charge in [0.15, 0.2) is 0 Å². The first kappa shape index (κ1) is 21.2. The van der Waals surface area contributed by atoms with Gasteiger partial charge in [0.2, 0.25) is 11.8 Å². The zero-order chi connectivity index (χ0) is 23.8. The van der Waals surface area contributed by atoms with E-state index in [2.05, 4.69) is 25.3 Å². The molecular weight excluding hydrogens is 446 g/mol. The first-order valence-corrected chi connectivity index (χ1v) is 11.4. The van der Waals surface area contributed by atoms with E-state index in [0.29, 0.717) is 31.5 Å². The number of aromatic amines is 1. The Labute approximate surface area is 200 Å². The average Bonchev–Trinajstić information content (AvgIpc) is 3.56. The van der Waals surface area contributed by atoms with E-state index in [4.69, 9.17) is 9.47 Å². The molecule has 1 unspecified atom stereocenters. The lowest BCUT2D eigenvalue weighted by Crippen LogP contribution is -2.45. The molecule has 0 bridgehead atoms. The summed E-state index contributed by atoms with van der Waals surface area (Å²) >= 11 is 0. The van der Waals surface area contributed by atoms with Crippen LogP contribution in [0, 0.1) is 0 Å². The normalized spacial score (nSPS) is 16.1. The summed E-state index contributed by atoms with van der Waals surface area (Å²) in [6.07, 6.45) is 1.74. The molecule has 1 amide bonds. The molecule has 1 saturated heterocycles. The molecule has 10 heteroatoms. The maximum absolute atomic E-state index is 13.3. The van der Waals surface area contributed by atoms with Gasteiger partial charge in [0.25, 0.3) is 0 Å². The highest BCUT2D eigenvalue weighted by atomic mass is 16.5. The maximum atomic E-state index is 13.3. The standard InChI is InChI=1S/C25H23N7O3/c1-34-25-17(12-16-6-2-3-7-18(16)28-25)20-13-26-24(27-20)22-15-35-11-10-31(22)23(33)14-32-21-9-5-4-8-19(21)29-30-32/h2-9,12-13,22H,10-11,14-15H2,1H3,(H,26,27). The molecule has 1 N–H and O–H groups in total. The van der Waals surface area contributed by atoms with Crippen LogP contribution >= 0.6 is 0 Å². The summed E-state index contributed by atoms with van der Waals surface area (Å²) in [5.74, 6) is 1.08. The van der Waals surface area contributed by atoms with Crippen molar-refractivity contribution in [1.29, 1.82) is 0 Å². The van der Waals surface area contributed by atoms with Gasteiger partial charge in [0.05, 0.1) is 48.8 Å². The molecule has 0 radical (unpaired) electrons. The fraction of sp³-hybridized carbons (Fsp3) is 0.240. The third-order valence-electron chi connectivity index (χ3n) is 6.24. The smallest absolute Gasteiger partial charge is 0.245 e. The number of hydrogen-bond donors (Lipinski definition) is 1. The Morgan fingerprint density at radius 2 is 2.00 bits per heavy atom. The zero-order valence-corrected chi connectivity index (χ0v) is 19.1. The van der Waals surface area contributed by atoms with Crippen molar-refractivity contribution < 1.29 is 14.3 Å². The van der Waals surface area contributed by atoms with Crippen molar-refractivity contribution in [2.24, 2.45) is 0 Å². The van der Waals surface area contributed by atoms with E-state index in [1.165, 1.54) is 0 Å². The summed E-state index contributed by atoms with van der Waals surface area (Å²) in [6.45, 7) is 1.38. The minimum absolute atomic E-state index is 0.0724. The van der Waals surface area contributed by atoms with Gasteiger partial charge in [0.1, 0.15) is 23.9 Å². The number of carbonyl (C=O) groups excluding carboxylic acids is 1. The molecule has 2 aromatic carbocycles. The molecule has 1 aliphatic rings. The molecule has 1 aliphatic heterocycles. The van der Waals surface area contributed by atoms with Crippen LogP contribution in [0.5, 0.6) is 5.88 Å². The number of para-hydroxylation sites is 2. The summed E-state index contributed by atoms with van der Waals surface area (Å²) in [5.41, 5.74) is 3.99. The number of amides is 1. The van der Waals surface area contributed by atoms with E-state index in [1.807, 2.05) is 54.6 Å². The third-order valence-corrected chi connectivity index (χ3v) is 6.24. The van der Waals surface area contributed by atoms with Crippen LogP contribution in [-0.4, -0.2) is 67.6 Å². The molecule has 6 rings (SSSR count). The lowest BCUT2D eigenvalue weighted by Gasteiger charge is -2.34. The first-order chi connectivity index (χ1) is 17.2. The fourth-order valence-electron chi connectivity index (χ4n) is 4.47. The van der Waals surface area contributed by atoms with E-state index in [-0.39, 0.29) is 18.5 Å². The largest absolute Gasteiger partial charge is 0.480 e. The summed E-state index contributed by atoms with van der Waals surface area (Å²) < 4.78 is 12.9. The highest BCUT2D eigenvalue weighted by molar-refractivity contribution is 5.85. The van der Waals surface area contributed by atoms with Gasteiger partial charge < -0.3 is 19.4 Å². The Hall–Kier alpha value is -4.31. The minimum atomic E-state index is -0.348. The lowest BCUT2D eigenvalue weighted by atomic mass is 10.1. The van der Waals surface area contributed by atoms with Crippen LogP contribution < -0.4 is 4.74 Å². The van der Waals surface area contributed by atoms with E-state index in [1.54, 1.807) is 22.9 Å². The number of imidazole rings is 1. The molecule has 4 heterocycles. The number of morpholine rings is 1. The van der Waals surface area contributed by atoms with Crippen LogP contribution in [-0.2, 0) is 16.1 Å². The number of pyridine rings is 1. The van der Waals surface area contributed by atoms with Gasteiger partial charge in [-0.15, -0.1) is 5.10 Å². The number of H-pyrrole nitrogens is 1. The van der Waals surface area contributed by atoms with Crippen molar-refractivity contribution in [2.45, 2.75) is 12.6 Å². The molecule has 35 heavy (non-hydrogen) atoms. The van der Waals surface area contributed by atoms with Crippen LogP contribution in [0.3, 0.4) is 0 Å². The van der Waals surface area contributed by atoms with Crippen LogP contribution in [0.15, 0.2) is 60.8 Å². The van der Waals surface area contributed by atoms with Crippen LogP contribution in [0.4, 0.5) is 0 Å².